The average Bonchev–Trinajstić information content (AvgIpc) is 2.45. The highest BCUT2D eigenvalue weighted by Gasteiger charge is 2.57. The highest BCUT2D eigenvalue weighted by Crippen LogP contribution is 2.43. The summed E-state index contributed by atoms with van der Waals surface area (Å²) in [5.41, 5.74) is 0. The Kier molecular flexibility index (Phi) is 4.62. The Morgan fingerprint density at radius 3 is 2.59 bits per heavy atom. The molecule has 2 rings (SSSR count). The quantitative estimate of drug-likeness (QED) is 0.562. The lowest BCUT2D eigenvalue weighted by molar-refractivity contribution is -0.180. The van der Waals surface area contributed by atoms with Crippen molar-refractivity contribution in [3.63, 3.8) is 0 Å². The van der Waals surface area contributed by atoms with Gasteiger partial charge in [-0.25, -0.2) is 18.0 Å². The normalized spacial score (nSPS) is 37.1. The van der Waals surface area contributed by atoms with Crippen LogP contribution in [0.2, 0.25) is 0 Å². The predicted molar refractivity (Wildman–Crippen MR) is 76.5 cm³/mol. The third-order valence-corrected chi connectivity index (χ3v) is 6.66. The Morgan fingerprint density at radius 1 is 1.41 bits per heavy atom. The van der Waals surface area contributed by atoms with Crippen molar-refractivity contribution in [2.45, 2.75) is 43.8 Å². The molecular formula is C14H20O7S. The van der Waals surface area contributed by atoms with Crippen molar-refractivity contribution in [3.05, 3.63) is 12.7 Å². The maximum absolute atomic E-state index is 11.9. The summed E-state index contributed by atoms with van der Waals surface area (Å²) in [7, 11) is -3.12. The lowest BCUT2D eigenvalue weighted by Crippen LogP contribution is -2.62. The molecule has 1 N–H and O–H groups in total. The van der Waals surface area contributed by atoms with Gasteiger partial charge in [0, 0.05) is 12.0 Å². The maximum Gasteiger partial charge on any atom is 0.347 e. The van der Waals surface area contributed by atoms with Crippen LogP contribution in [0.1, 0.15) is 20.3 Å². The van der Waals surface area contributed by atoms with E-state index in [-0.39, 0.29) is 11.7 Å². The molecule has 1 heterocycles. The summed E-state index contributed by atoms with van der Waals surface area (Å²) < 4.78 is 33.3. The largest absolute Gasteiger partial charge is 0.457 e. The van der Waals surface area contributed by atoms with Crippen LogP contribution in [0.15, 0.2) is 12.7 Å². The zero-order valence-electron chi connectivity index (χ0n) is 12.5. The first-order valence-corrected chi connectivity index (χ1v) is 8.82. The smallest absolute Gasteiger partial charge is 0.347 e. The molecule has 0 aromatic carbocycles. The second-order valence-electron chi connectivity index (χ2n) is 5.92. The van der Waals surface area contributed by atoms with E-state index in [1.54, 1.807) is 6.92 Å². The average molecular weight is 332 g/mol. The molecule has 1 saturated heterocycles. The van der Waals surface area contributed by atoms with Crippen LogP contribution < -0.4 is 0 Å². The second kappa shape index (κ2) is 6.00. The first kappa shape index (κ1) is 17.0. The van der Waals surface area contributed by atoms with Crippen LogP contribution in [0.25, 0.3) is 0 Å². The molecule has 1 saturated carbocycles. The van der Waals surface area contributed by atoms with E-state index in [1.165, 1.54) is 6.92 Å². The van der Waals surface area contributed by atoms with Gasteiger partial charge in [0.25, 0.3) is 0 Å². The molecule has 0 amide bonds. The zero-order valence-corrected chi connectivity index (χ0v) is 13.3. The minimum Gasteiger partial charge on any atom is -0.457 e. The van der Waals surface area contributed by atoms with Gasteiger partial charge in [-0.05, 0) is 19.3 Å². The van der Waals surface area contributed by atoms with E-state index in [9.17, 15) is 23.1 Å². The van der Waals surface area contributed by atoms with Gasteiger partial charge in [-0.3, -0.25) is 0 Å². The van der Waals surface area contributed by atoms with Crippen LogP contribution in [0, 0.1) is 11.8 Å². The summed E-state index contributed by atoms with van der Waals surface area (Å²) in [6.07, 6.45) is -1.65. The molecular weight excluding hydrogens is 312 g/mol. The van der Waals surface area contributed by atoms with Crippen molar-refractivity contribution < 1.29 is 32.6 Å². The molecule has 1 aliphatic carbocycles. The maximum atomic E-state index is 11.9. The first-order chi connectivity index (χ1) is 10.2. The summed E-state index contributed by atoms with van der Waals surface area (Å²) >= 11 is 0. The van der Waals surface area contributed by atoms with Crippen molar-refractivity contribution in [2.75, 3.05) is 5.75 Å². The molecule has 6 unspecified atom stereocenters. The van der Waals surface area contributed by atoms with Gasteiger partial charge in [-0.15, -0.1) is 0 Å². The van der Waals surface area contributed by atoms with E-state index in [0.29, 0.717) is 6.42 Å². The van der Waals surface area contributed by atoms with Gasteiger partial charge in [-0.2, -0.15) is 0 Å². The minimum absolute atomic E-state index is 0.0827. The summed E-state index contributed by atoms with van der Waals surface area (Å²) in [4.78, 5) is 23.0. The SMILES string of the molecule is C=CC(=O)OC(C)C(=O)OC1C(C)CC2C(CS2(=O)=O)C1O. The Balaban J connectivity index is 1.99. The molecule has 2 fully saturated rings. The van der Waals surface area contributed by atoms with Crippen molar-refractivity contribution >= 4 is 21.8 Å². The van der Waals surface area contributed by atoms with Gasteiger partial charge >= 0.3 is 11.9 Å². The molecule has 7 nitrogen and oxygen atoms in total. The third-order valence-electron chi connectivity index (χ3n) is 4.35. The molecule has 0 bridgehead atoms. The molecule has 2 aliphatic rings. The Hall–Kier alpha value is -1.41. The summed E-state index contributed by atoms with van der Waals surface area (Å²) in [5.74, 6) is -2.29. The van der Waals surface area contributed by atoms with E-state index in [4.69, 9.17) is 9.47 Å². The van der Waals surface area contributed by atoms with E-state index >= 15 is 0 Å². The Morgan fingerprint density at radius 2 is 2.05 bits per heavy atom. The number of fused-ring (bicyclic) bond motifs is 1. The summed E-state index contributed by atoms with van der Waals surface area (Å²) in [6.45, 7) is 6.32. The first-order valence-electron chi connectivity index (χ1n) is 7.10. The molecule has 0 spiro atoms. The minimum atomic E-state index is -3.12. The topological polar surface area (TPSA) is 107 Å². The van der Waals surface area contributed by atoms with Crippen LogP contribution in [0.5, 0.6) is 0 Å². The van der Waals surface area contributed by atoms with Crippen LogP contribution in [0.4, 0.5) is 0 Å². The van der Waals surface area contributed by atoms with Gasteiger partial charge < -0.3 is 14.6 Å². The van der Waals surface area contributed by atoms with Gasteiger partial charge in [0.15, 0.2) is 15.9 Å². The zero-order chi connectivity index (χ0) is 16.7. The Labute approximate surface area is 129 Å². The van der Waals surface area contributed by atoms with E-state index in [2.05, 4.69) is 6.58 Å². The number of rotatable bonds is 4. The fourth-order valence-corrected chi connectivity index (χ4v) is 5.29. The summed E-state index contributed by atoms with van der Waals surface area (Å²) in [5, 5.41) is 9.70. The molecule has 0 aromatic rings. The van der Waals surface area contributed by atoms with Crippen LogP contribution >= 0.6 is 0 Å². The van der Waals surface area contributed by atoms with Crippen molar-refractivity contribution in [3.8, 4) is 0 Å². The molecule has 1 aliphatic heterocycles. The lowest BCUT2D eigenvalue weighted by Gasteiger charge is -2.48. The van der Waals surface area contributed by atoms with E-state index < -0.39 is 51.3 Å². The standard InChI is InChI=1S/C14H20O7S/c1-4-11(15)20-8(3)14(17)21-13-7(2)5-10-9(12(13)16)6-22(10,18)19/h4,7-10,12-13,16H,1,5-6H2,2-3H3. The number of sulfone groups is 1. The molecule has 124 valence electrons. The van der Waals surface area contributed by atoms with Crippen molar-refractivity contribution in [1.29, 1.82) is 0 Å². The van der Waals surface area contributed by atoms with E-state index in [1.807, 2.05) is 0 Å². The lowest BCUT2D eigenvalue weighted by atomic mass is 9.78. The number of ether oxygens (including phenoxy) is 2. The molecule has 0 aromatic heterocycles. The predicted octanol–water partition coefficient (Wildman–Crippen LogP) is -0.170. The number of hydrogen-bond donors (Lipinski definition) is 1. The molecule has 0 radical (unpaired) electrons. The van der Waals surface area contributed by atoms with Crippen LogP contribution in [0.3, 0.4) is 0 Å². The summed E-state index contributed by atoms with van der Waals surface area (Å²) in [6, 6.07) is 0. The van der Waals surface area contributed by atoms with Gasteiger partial charge in [0.1, 0.15) is 6.10 Å². The van der Waals surface area contributed by atoms with Gasteiger partial charge in [-0.1, -0.05) is 13.5 Å². The van der Waals surface area contributed by atoms with E-state index in [0.717, 1.165) is 6.08 Å². The monoisotopic (exact) mass is 332 g/mol. The van der Waals surface area contributed by atoms with Crippen LogP contribution in [-0.2, 0) is 28.9 Å². The highest BCUT2D eigenvalue weighted by molar-refractivity contribution is 7.93. The fourth-order valence-electron chi connectivity index (χ4n) is 3.05. The molecule has 22 heavy (non-hydrogen) atoms. The number of carbonyl (C=O) groups excluding carboxylic acids is 2. The molecule has 6 atom stereocenters. The Bertz CT molecular complexity index is 582. The number of carbonyl (C=O) groups is 2. The number of esters is 2. The van der Waals surface area contributed by atoms with Gasteiger partial charge in [0.05, 0.1) is 17.1 Å². The van der Waals surface area contributed by atoms with Gasteiger partial charge in [0.2, 0.25) is 0 Å². The number of hydrogen-bond acceptors (Lipinski definition) is 7. The fraction of sp³-hybridized carbons (Fsp3) is 0.714. The van der Waals surface area contributed by atoms with Crippen molar-refractivity contribution in [2.24, 2.45) is 11.8 Å². The highest BCUT2D eigenvalue weighted by atomic mass is 32.2. The third kappa shape index (κ3) is 3.03. The second-order valence-corrected chi connectivity index (χ2v) is 8.18. The number of aliphatic hydroxyl groups excluding tert-OH is 1. The van der Waals surface area contributed by atoms with Crippen molar-refractivity contribution in [1.82, 2.24) is 0 Å². The molecule has 8 heteroatoms. The van der Waals surface area contributed by atoms with Crippen LogP contribution in [-0.4, -0.2) is 54.8 Å². The number of aliphatic hydroxyl groups is 1.